The first-order chi connectivity index (χ1) is 18.9. The van der Waals surface area contributed by atoms with Gasteiger partial charge in [0.2, 0.25) is 5.91 Å². The highest BCUT2D eigenvalue weighted by Gasteiger charge is 2.37. The van der Waals surface area contributed by atoms with Gasteiger partial charge in [-0.25, -0.2) is 0 Å². The molecule has 1 atom stereocenters. The van der Waals surface area contributed by atoms with E-state index in [0.29, 0.717) is 11.3 Å². The van der Waals surface area contributed by atoms with Crippen LogP contribution in [0.15, 0.2) is 85.1 Å². The molecule has 0 aliphatic heterocycles. The molecule has 0 saturated heterocycles. The van der Waals surface area contributed by atoms with Gasteiger partial charge in [0, 0.05) is 34.9 Å². The van der Waals surface area contributed by atoms with Crippen molar-refractivity contribution in [3.8, 4) is 0 Å². The Bertz CT molecular complexity index is 1680. The average Bonchev–Trinajstić information content (AvgIpc) is 3.55. The maximum Gasteiger partial charge on any atom is 0.273 e. The molecular weight excluding hydrogens is 512 g/mol. The molecular formula is C29H26N6O3S. The van der Waals surface area contributed by atoms with Gasteiger partial charge in [-0.1, -0.05) is 66.7 Å². The summed E-state index contributed by atoms with van der Waals surface area (Å²) in [4.78, 5) is 44.9. The lowest BCUT2D eigenvalue weighted by molar-refractivity contribution is -0.122. The molecule has 3 amide bonds. The average molecular weight is 539 g/mol. The van der Waals surface area contributed by atoms with Gasteiger partial charge in [0.25, 0.3) is 11.8 Å². The third-order valence-corrected chi connectivity index (χ3v) is 7.33. The van der Waals surface area contributed by atoms with Crippen molar-refractivity contribution >= 4 is 51.5 Å². The molecule has 10 heteroatoms. The number of hydrogen-bond acceptors (Lipinski definition) is 6. The second kappa shape index (κ2) is 10.8. The minimum atomic E-state index is -1.09. The van der Waals surface area contributed by atoms with E-state index in [0.717, 1.165) is 33.6 Å². The second-order valence-electron chi connectivity index (χ2n) is 9.00. The largest absolute Gasteiger partial charge is 0.395 e. The van der Waals surface area contributed by atoms with Gasteiger partial charge in [-0.2, -0.15) is 4.37 Å². The van der Waals surface area contributed by atoms with E-state index in [2.05, 4.69) is 14.7 Å². The Labute approximate surface area is 228 Å². The van der Waals surface area contributed by atoms with Gasteiger partial charge in [0.15, 0.2) is 5.69 Å². The molecule has 196 valence electrons. The number of amides is 3. The zero-order chi connectivity index (χ0) is 27.5. The number of benzene rings is 3. The molecule has 5 rings (SSSR count). The lowest BCUT2D eigenvalue weighted by atomic mass is 10.0. The van der Waals surface area contributed by atoms with Gasteiger partial charge in [-0.3, -0.25) is 19.3 Å². The number of carbonyl (C=O) groups excluding carboxylic acids is 3. The number of rotatable bonds is 8. The van der Waals surface area contributed by atoms with Crippen LogP contribution in [0.5, 0.6) is 0 Å². The Morgan fingerprint density at radius 3 is 2.41 bits per heavy atom. The summed E-state index contributed by atoms with van der Waals surface area (Å²) in [6.07, 6.45) is 1.74. The molecule has 0 spiro atoms. The number of nitrogens with zero attached hydrogens (tertiary/aromatic N) is 2. The number of nitrogens with two attached hydrogens (primary N) is 2. The Balaban J connectivity index is 1.67. The first kappa shape index (κ1) is 25.7. The highest BCUT2D eigenvalue weighted by atomic mass is 32.1. The summed E-state index contributed by atoms with van der Waals surface area (Å²) in [5, 5.41) is 3.79. The van der Waals surface area contributed by atoms with E-state index in [1.54, 1.807) is 18.3 Å². The van der Waals surface area contributed by atoms with Gasteiger partial charge in [-0.05, 0) is 41.7 Å². The van der Waals surface area contributed by atoms with Crippen molar-refractivity contribution in [3.63, 3.8) is 0 Å². The lowest BCUT2D eigenvalue weighted by Crippen LogP contribution is -2.44. The van der Waals surface area contributed by atoms with Crippen LogP contribution >= 0.6 is 11.5 Å². The van der Waals surface area contributed by atoms with Crippen molar-refractivity contribution < 1.29 is 14.4 Å². The van der Waals surface area contributed by atoms with Crippen molar-refractivity contribution in [2.75, 3.05) is 10.6 Å². The number of fused-ring (bicyclic) bond motifs is 1. The Hall–Kier alpha value is -4.96. The Morgan fingerprint density at radius 1 is 1.00 bits per heavy atom. The molecule has 2 heterocycles. The van der Waals surface area contributed by atoms with E-state index in [4.69, 9.17) is 11.5 Å². The summed E-state index contributed by atoms with van der Waals surface area (Å²) in [6, 6.07) is 23.3. The van der Waals surface area contributed by atoms with Crippen molar-refractivity contribution in [1.29, 1.82) is 0 Å². The van der Waals surface area contributed by atoms with Crippen LogP contribution in [0.3, 0.4) is 0 Å². The second-order valence-corrected chi connectivity index (χ2v) is 9.77. The van der Waals surface area contributed by atoms with Crippen molar-refractivity contribution in [2.45, 2.75) is 19.5 Å². The fraction of sp³-hybridized carbons (Fsp3) is 0.103. The van der Waals surface area contributed by atoms with E-state index in [9.17, 15) is 14.4 Å². The quantitative estimate of drug-likeness (QED) is 0.232. The molecule has 0 saturated carbocycles. The van der Waals surface area contributed by atoms with Crippen LogP contribution in [-0.4, -0.2) is 27.1 Å². The van der Waals surface area contributed by atoms with Crippen LogP contribution < -0.4 is 21.7 Å². The molecule has 0 bridgehead atoms. The Kier molecular flexibility index (Phi) is 7.11. The first-order valence-electron chi connectivity index (χ1n) is 12.2. The number of primary amides is 1. The van der Waals surface area contributed by atoms with Gasteiger partial charge < -0.3 is 21.8 Å². The van der Waals surface area contributed by atoms with E-state index in [1.807, 2.05) is 73.7 Å². The fourth-order valence-corrected chi connectivity index (χ4v) is 5.28. The van der Waals surface area contributed by atoms with Gasteiger partial charge in [0.05, 0.1) is 5.69 Å². The summed E-state index contributed by atoms with van der Waals surface area (Å²) in [5.74, 6) is -1.80. The van der Waals surface area contributed by atoms with Crippen molar-refractivity contribution in [1.82, 2.24) is 14.7 Å². The minimum Gasteiger partial charge on any atom is -0.395 e. The highest BCUT2D eigenvalue weighted by molar-refractivity contribution is 7.09. The van der Waals surface area contributed by atoms with Gasteiger partial charge in [0.1, 0.15) is 10.9 Å². The van der Waals surface area contributed by atoms with Crippen LogP contribution in [0, 0.1) is 6.92 Å². The molecule has 6 N–H and O–H groups in total. The summed E-state index contributed by atoms with van der Waals surface area (Å²) >= 11 is 0.775. The first-order valence-corrected chi connectivity index (χ1v) is 13.0. The summed E-state index contributed by atoms with van der Waals surface area (Å²) < 4.78 is 4.02. The number of para-hydroxylation sites is 2. The summed E-state index contributed by atoms with van der Waals surface area (Å²) in [5.41, 5.74) is 14.9. The SMILES string of the molecule is Cc1ccccc1N(C(=O)c1snc(C(N)=O)c1N)C(C(=O)NCc1ccccc1)c1c[nH]c2ccccc12. The van der Waals surface area contributed by atoms with E-state index in [-0.39, 0.29) is 22.8 Å². The minimum absolute atomic E-state index is 0.0211. The molecule has 5 aromatic rings. The fourth-order valence-electron chi connectivity index (χ4n) is 4.54. The number of hydrogen-bond donors (Lipinski definition) is 4. The molecule has 39 heavy (non-hydrogen) atoms. The van der Waals surface area contributed by atoms with Crippen LogP contribution in [0.4, 0.5) is 11.4 Å². The van der Waals surface area contributed by atoms with E-state index < -0.39 is 23.8 Å². The van der Waals surface area contributed by atoms with Crippen LogP contribution in [0.2, 0.25) is 0 Å². The number of nitrogen functional groups attached to an aromatic ring is 1. The van der Waals surface area contributed by atoms with Gasteiger partial charge in [-0.15, -0.1) is 0 Å². The third-order valence-electron chi connectivity index (χ3n) is 6.48. The zero-order valence-electron chi connectivity index (χ0n) is 21.0. The smallest absolute Gasteiger partial charge is 0.273 e. The van der Waals surface area contributed by atoms with Crippen LogP contribution in [0.1, 0.15) is 42.9 Å². The molecule has 0 radical (unpaired) electrons. The summed E-state index contributed by atoms with van der Waals surface area (Å²) in [7, 11) is 0. The maximum absolute atomic E-state index is 14.3. The zero-order valence-corrected chi connectivity index (χ0v) is 21.9. The predicted octanol–water partition coefficient (Wildman–Crippen LogP) is 4.32. The number of aromatic nitrogens is 2. The summed E-state index contributed by atoms with van der Waals surface area (Å²) in [6.45, 7) is 2.12. The van der Waals surface area contributed by atoms with E-state index >= 15 is 0 Å². The third kappa shape index (κ3) is 4.97. The highest BCUT2D eigenvalue weighted by Crippen LogP contribution is 2.37. The molecule has 1 unspecified atom stereocenters. The molecule has 0 aliphatic carbocycles. The van der Waals surface area contributed by atoms with Crippen molar-refractivity contribution in [2.24, 2.45) is 5.73 Å². The Morgan fingerprint density at radius 2 is 1.69 bits per heavy atom. The molecule has 2 aromatic heterocycles. The number of carbonyl (C=O) groups is 3. The number of aromatic amines is 1. The van der Waals surface area contributed by atoms with Gasteiger partial charge >= 0.3 is 0 Å². The number of aryl methyl sites for hydroxylation is 1. The van der Waals surface area contributed by atoms with Crippen LogP contribution in [-0.2, 0) is 11.3 Å². The van der Waals surface area contributed by atoms with E-state index in [1.165, 1.54) is 4.90 Å². The normalized spacial score (nSPS) is 11.7. The molecule has 0 fully saturated rings. The maximum atomic E-state index is 14.3. The predicted molar refractivity (Wildman–Crippen MR) is 152 cm³/mol. The standard InChI is InChI=1S/C29H26N6O3S/c1-17-9-5-8-14-22(17)35(29(38)26-23(30)24(27(31)36)34-39-26)25(20-16-32-21-13-7-6-12-19(20)21)28(37)33-15-18-10-3-2-4-11-18/h2-14,16,25,32H,15,30H2,1H3,(H2,31,36)(H,33,37). The molecule has 9 nitrogen and oxygen atoms in total. The van der Waals surface area contributed by atoms with Crippen LogP contribution in [0.25, 0.3) is 10.9 Å². The monoisotopic (exact) mass is 538 g/mol. The lowest BCUT2D eigenvalue weighted by Gasteiger charge is -2.32. The number of nitrogens with one attached hydrogen (secondary N) is 2. The number of H-pyrrole nitrogens is 1. The topological polar surface area (TPSA) is 147 Å². The molecule has 0 aliphatic rings. The molecule has 3 aromatic carbocycles. The van der Waals surface area contributed by atoms with Crippen molar-refractivity contribution in [3.05, 3.63) is 112 Å². The number of anilines is 2.